The molecule has 0 aromatic heterocycles. The molecule has 1 saturated heterocycles. The van der Waals surface area contributed by atoms with Crippen molar-refractivity contribution >= 4 is 0 Å². The quantitative estimate of drug-likeness (QED) is 0.843. The standard InChI is InChI=1S/C15H21F2NO2/c1-2-15-11(5-6-20-15)8-18-9-14(19)10-3-4-12(16)13(17)7-10/h3-4,7,11,14-15,18-19H,2,5-6,8-9H2,1H3. The molecule has 3 nitrogen and oxygen atoms in total. The van der Waals surface area contributed by atoms with Crippen LogP contribution in [-0.4, -0.2) is 30.9 Å². The van der Waals surface area contributed by atoms with E-state index in [4.69, 9.17) is 4.74 Å². The Morgan fingerprint density at radius 2 is 2.20 bits per heavy atom. The molecule has 2 rings (SSSR count). The molecule has 2 N–H and O–H groups in total. The zero-order chi connectivity index (χ0) is 14.5. The zero-order valence-electron chi connectivity index (χ0n) is 11.6. The Morgan fingerprint density at radius 1 is 1.40 bits per heavy atom. The lowest BCUT2D eigenvalue weighted by atomic mass is 9.99. The molecular weight excluding hydrogens is 264 g/mol. The Kier molecular flexibility index (Phi) is 5.46. The third-order valence-corrected chi connectivity index (χ3v) is 3.82. The maximum atomic E-state index is 13.1. The minimum absolute atomic E-state index is 0.280. The predicted molar refractivity (Wildman–Crippen MR) is 72.3 cm³/mol. The van der Waals surface area contributed by atoms with E-state index in [9.17, 15) is 13.9 Å². The summed E-state index contributed by atoms with van der Waals surface area (Å²) >= 11 is 0. The van der Waals surface area contributed by atoms with Gasteiger partial charge in [-0.05, 0) is 36.5 Å². The molecule has 0 saturated carbocycles. The first-order chi connectivity index (χ1) is 9.61. The second-order valence-corrected chi connectivity index (χ2v) is 5.21. The number of aliphatic hydroxyl groups excluding tert-OH is 1. The van der Waals surface area contributed by atoms with Crippen molar-refractivity contribution in [2.45, 2.75) is 32.0 Å². The van der Waals surface area contributed by atoms with E-state index in [0.29, 0.717) is 18.0 Å². The van der Waals surface area contributed by atoms with Crippen molar-refractivity contribution in [3.8, 4) is 0 Å². The normalized spacial score (nSPS) is 24.0. The number of nitrogens with one attached hydrogen (secondary N) is 1. The molecule has 1 fully saturated rings. The highest BCUT2D eigenvalue weighted by molar-refractivity contribution is 5.20. The summed E-state index contributed by atoms with van der Waals surface area (Å²) < 4.78 is 31.5. The van der Waals surface area contributed by atoms with Crippen LogP contribution in [0.1, 0.15) is 31.4 Å². The van der Waals surface area contributed by atoms with E-state index >= 15 is 0 Å². The average Bonchev–Trinajstić information content (AvgIpc) is 2.89. The van der Waals surface area contributed by atoms with Gasteiger partial charge in [-0.3, -0.25) is 0 Å². The lowest BCUT2D eigenvalue weighted by molar-refractivity contribution is 0.0858. The van der Waals surface area contributed by atoms with Gasteiger partial charge in [-0.25, -0.2) is 8.78 Å². The molecule has 0 radical (unpaired) electrons. The van der Waals surface area contributed by atoms with Crippen molar-refractivity contribution in [1.29, 1.82) is 0 Å². The summed E-state index contributed by atoms with van der Waals surface area (Å²) in [5, 5.41) is 13.1. The maximum absolute atomic E-state index is 13.1. The summed E-state index contributed by atoms with van der Waals surface area (Å²) in [5.74, 6) is -1.38. The Morgan fingerprint density at radius 3 is 2.90 bits per heavy atom. The molecule has 1 aliphatic rings. The van der Waals surface area contributed by atoms with Gasteiger partial charge < -0.3 is 15.2 Å². The van der Waals surface area contributed by atoms with Crippen LogP contribution < -0.4 is 5.32 Å². The van der Waals surface area contributed by atoms with Gasteiger partial charge in [0, 0.05) is 19.7 Å². The number of hydrogen-bond donors (Lipinski definition) is 2. The fourth-order valence-electron chi connectivity index (χ4n) is 2.62. The van der Waals surface area contributed by atoms with Gasteiger partial charge >= 0.3 is 0 Å². The number of halogens is 2. The molecule has 0 spiro atoms. The first kappa shape index (κ1) is 15.4. The molecule has 1 aliphatic heterocycles. The fraction of sp³-hybridized carbons (Fsp3) is 0.600. The third-order valence-electron chi connectivity index (χ3n) is 3.82. The van der Waals surface area contributed by atoms with Crippen molar-refractivity contribution in [1.82, 2.24) is 5.32 Å². The van der Waals surface area contributed by atoms with Crippen molar-refractivity contribution in [2.24, 2.45) is 5.92 Å². The van der Waals surface area contributed by atoms with Gasteiger partial charge in [0.1, 0.15) is 0 Å². The molecule has 112 valence electrons. The first-order valence-corrected chi connectivity index (χ1v) is 7.07. The number of ether oxygens (including phenoxy) is 1. The van der Waals surface area contributed by atoms with Gasteiger partial charge in [0.15, 0.2) is 11.6 Å². The molecule has 1 aromatic carbocycles. The highest BCUT2D eigenvalue weighted by Gasteiger charge is 2.26. The smallest absolute Gasteiger partial charge is 0.159 e. The van der Waals surface area contributed by atoms with Crippen LogP contribution in [-0.2, 0) is 4.74 Å². The molecule has 1 heterocycles. The Balaban J connectivity index is 1.80. The summed E-state index contributed by atoms with van der Waals surface area (Å²) in [6.45, 7) is 3.97. The molecule has 3 atom stereocenters. The van der Waals surface area contributed by atoms with Crippen LogP contribution in [0.4, 0.5) is 8.78 Å². The Labute approximate surface area is 117 Å². The summed E-state index contributed by atoms with van der Waals surface area (Å²) in [4.78, 5) is 0. The average molecular weight is 285 g/mol. The predicted octanol–water partition coefficient (Wildman–Crippen LogP) is 2.40. The van der Waals surface area contributed by atoms with E-state index < -0.39 is 17.7 Å². The number of aliphatic hydroxyl groups is 1. The second kappa shape index (κ2) is 7.11. The third kappa shape index (κ3) is 3.75. The summed E-state index contributed by atoms with van der Waals surface area (Å²) in [7, 11) is 0. The van der Waals surface area contributed by atoms with Crippen molar-refractivity contribution < 1.29 is 18.6 Å². The van der Waals surface area contributed by atoms with Crippen LogP contribution in [0, 0.1) is 17.6 Å². The summed E-state index contributed by atoms with van der Waals surface area (Å²) in [6, 6.07) is 3.47. The molecule has 0 aliphatic carbocycles. The van der Waals surface area contributed by atoms with E-state index in [1.807, 2.05) is 0 Å². The summed E-state index contributed by atoms with van der Waals surface area (Å²) in [5.41, 5.74) is 0.381. The van der Waals surface area contributed by atoms with Crippen LogP contribution in [0.25, 0.3) is 0 Å². The molecule has 1 aromatic rings. The first-order valence-electron chi connectivity index (χ1n) is 7.07. The van der Waals surface area contributed by atoms with Crippen LogP contribution in [0.3, 0.4) is 0 Å². The SMILES string of the molecule is CCC1OCCC1CNCC(O)c1ccc(F)c(F)c1. The molecule has 20 heavy (non-hydrogen) atoms. The second-order valence-electron chi connectivity index (χ2n) is 5.21. The fourth-order valence-corrected chi connectivity index (χ4v) is 2.62. The maximum Gasteiger partial charge on any atom is 0.159 e. The molecule has 5 heteroatoms. The molecule has 0 bridgehead atoms. The van der Waals surface area contributed by atoms with Gasteiger partial charge in [-0.2, -0.15) is 0 Å². The van der Waals surface area contributed by atoms with Crippen molar-refractivity contribution in [3.63, 3.8) is 0 Å². The lowest BCUT2D eigenvalue weighted by Crippen LogP contribution is -2.31. The van der Waals surface area contributed by atoms with Crippen LogP contribution in [0.2, 0.25) is 0 Å². The largest absolute Gasteiger partial charge is 0.387 e. The van der Waals surface area contributed by atoms with Crippen LogP contribution >= 0.6 is 0 Å². The Hall–Kier alpha value is -1.04. The number of rotatable bonds is 6. The Bertz CT molecular complexity index is 442. The van der Waals surface area contributed by atoms with Gasteiger partial charge in [0.25, 0.3) is 0 Å². The minimum atomic E-state index is -0.934. The highest BCUT2D eigenvalue weighted by atomic mass is 19.2. The van der Waals surface area contributed by atoms with Gasteiger partial charge in [0.05, 0.1) is 12.2 Å². The van der Waals surface area contributed by atoms with E-state index in [2.05, 4.69) is 12.2 Å². The molecule has 0 amide bonds. The van der Waals surface area contributed by atoms with Crippen molar-refractivity contribution in [2.75, 3.05) is 19.7 Å². The topological polar surface area (TPSA) is 41.5 Å². The number of benzene rings is 1. The van der Waals surface area contributed by atoms with Gasteiger partial charge in [0.2, 0.25) is 0 Å². The molecular formula is C15H21F2NO2. The molecule has 3 unspecified atom stereocenters. The monoisotopic (exact) mass is 285 g/mol. The van der Waals surface area contributed by atoms with E-state index in [1.54, 1.807) is 0 Å². The van der Waals surface area contributed by atoms with Gasteiger partial charge in [-0.1, -0.05) is 13.0 Å². The zero-order valence-corrected chi connectivity index (χ0v) is 11.6. The van der Waals surface area contributed by atoms with E-state index in [0.717, 1.165) is 38.1 Å². The summed E-state index contributed by atoms with van der Waals surface area (Å²) in [6.07, 6.45) is 1.45. The van der Waals surface area contributed by atoms with Crippen LogP contribution in [0.15, 0.2) is 18.2 Å². The van der Waals surface area contributed by atoms with E-state index in [1.165, 1.54) is 6.07 Å². The van der Waals surface area contributed by atoms with Gasteiger partial charge in [-0.15, -0.1) is 0 Å². The highest BCUT2D eigenvalue weighted by Crippen LogP contribution is 2.23. The van der Waals surface area contributed by atoms with E-state index in [-0.39, 0.29) is 6.10 Å². The number of hydrogen-bond acceptors (Lipinski definition) is 3. The van der Waals surface area contributed by atoms with Crippen molar-refractivity contribution in [3.05, 3.63) is 35.4 Å². The van der Waals surface area contributed by atoms with Crippen LogP contribution in [0.5, 0.6) is 0 Å². The lowest BCUT2D eigenvalue weighted by Gasteiger charge is -2.19. The minimum Gasteiger partial charge on any atom is -0.387 e.